The van der Waals surface area contributed by atoms with Gasteiger partial charge >= 0.3 is 0 Å². The van der Waals surface area contributed by atoms with E-state index < -0.39 is 0 Å². The minimum absolute atomic E-state index is 0.123. The lowest BCUT2D eigenvalue weighted by Crippen LogP contribution is -2.37. The van der Waals surface area contributed by atoms with Crippen molar-refractivity contribution in [1.29, 1.82) is 0 Å². The van der Waals surface area contributed by atoms with Crippen molar-refractivity contribution in [2.75, 3.05) is 0 Å². The first-order valence-electron chi connectivity index (χ1n) is 5.97. The molecule has 0 amide bonds. The molecule has 0 heterocycles. The van der Waals surface area contributed by atoms with Crippen LogP contribution in [-0.2, 0) is 0 Å². The van der Waals surface area contributed by atoms with Gasteiger partial charge in [0.25, 0.3) is 0 Å². The number of hydrogen-bond acceptors (Lipinski definition) is 2. The van der Waals surface area contributed by atoms with E-state index in [0.29, 0.717) is 10.0 Å². The number of aliphatic hydroxyl groups is 1. The Kier molecular flexibility index (Phi) is 4.31. The molecular weight excluding hydrogens is 257 g/mol. The highest BCUT2D eigenvalue weighted by Gasteiger charge is 2.26. The van der Waals surface area contributed by atoms with Crippen LogP contribution in [0.1, 0.15) is 37.8 Å². The highest BCUT2D eigenvalue weighted by molar-refractivity contribution is 6.35. The van der Waals surface area contributed by atoms with E-state index in [1.165, 1.54) is 0 Å². The molecule has 1 aromatic rings. The zero-order valence-corrected chi connectivity index (χ0v) is 11.3. The smallest absolute Gasteiger partial charge is 0.0693 e. The minimum atomic E-state index is -0.233. The summed E-state index contributed by atoms with van der Waals surface area (Å²) in [6.07, 6.45) is 2.76. The van der Waals surface area contributed by atoms with Crippen molar-refractivity contribution in [1.82, 2.24) is 5.32 Å². The lowest BCUT2D eigenvalue weighted by molar-refractivity contribution is 0.144. The first-order valence-corrected chi connectivity index (χ1v) is 6.72. The molecule has 2 N–H and O–H groups in total. The maximum atomic E-state index is 9.78. The maximum absolute atomic E-state index is 9.78. The molecule has 4 heteroatoms. The Hall–Kier alpha value is -0.280. The third kappa shape index (κ3) is 3.14. The Labute approximate surface area is 112 Å². The molecule has 1 aliphatic rings. The topological polar surface area (TPSA) is 32.3 Å². The van der Waals surface area contributed by atoms with E-state index in [2.05, 4.69) is 12.2 Å². The Bertz CT molecular complexity index is 397. The summed E-state index contributed by atoms with van der Waals surface area (Å²) in [6.45, 7) is 2.06. The van der Waals surface area contributed by atoms with Crippen LogP contribution < -0.4 is 5.32 Å². The highest BCUT2D eigenvalue weighted by atomic mass is 35.5. The monoisotopic (exact) mass is 273 g/mol. The summed E-state index contributed by atoms with van der Waals surface area (Å²) in [5.41, 5.74) is 1.02. The van der Waals surface area contributed by atoms with Crippen LogP contribution in [0.3, 0.4) is 0 Å². The van der Waals surface area contributed by atoms with Gasteiger partial charge in [-0.05, 0) is 43.9 Å². The van der Waals surface area contributed by atoms with Gasteiger partial charge in [0.15, 0.2) is 0 Å². The predicted octanol–water partition coefficient (Wildman–Crippen LogP) is 3.56. The number of hydrogen-bond donors (Lipinski definition) is 2. The fourth-order valence-corrected chi connectivity index (χ4v) is 2.97. The van der Waals surface area contributed by atoms with Crippen LogP contribution in [-0.4, -0.2) is 17.3 Å². The van der Waals surface area contributed by atoms with Crippen LogP contribution in [0.5, 0.6) is 0 Å². The molecule has 94 valence electrons. The van der Waals surface area contributed by atoms with Gasteiger partial charge in [0, 0.05) is 22.1 Å². The molecule has 2 rings (SSSR count). The molecule has 0 aliphatic heterocycles. The largest absolute Gasteiger partial charge is 0.392 e. The predicted molar refractivity (Wildman–Crippen MR) is 71.7 cm³/mol. The first-order chi connectivity index (χ1) is 8.08. The highest BCUT2D eigenvalue weighted by Crippen LogP contribution is 2.28. The number of halogens is 2. The first kappa shape index (κ1) is 13.2. The van der Waals surface area contributed by atoms with E-state index in [4.69, 9.17) is 23.2 Å². The lowest BCUT2D eigenvalue weighted by atomic mass is 10.1. The van der Waals surface area contributed by atoms with Crippen molar-refractivity contribution in [3.63, 3.8) is 0 Å². The standard InChI is InChI=1S/C13H17Cl2NO/c1-8(16-12-3-2-4-13(12)17)10-6-5-9(14)7-11(10)15/h5-8,12-13,16-17H,2-4H2,1H3/t8?,12-,13-/m1/s1. The van der Waals surface area contributed by atoms with Gasteiger partial charge in [-0.15, -0.1) is 0 Å². The van der Waals surface area contributed by atoms with Crippen LogP contribution in [0, 0.1) is 0 Å². The Morgan fingerprint density at radius 2 is 2.12 bits per heavy atom. The van der Waals surface area contributed by atoms with E-state index in [1.807, 2.05) is 12.1 Å². The normalized spacial score (nSPS) is 26.1. The summed E-state index contributed by atoms with van der Waals surface area (Å²) in [5.74, 6) is 0. The molecule has 0 saturated heterocycles. The molecule has 2 nitrogen and oxygen atoms in total. The van der Waals surface area contributed by atoms with Crippen molar-refractivity contribution in [3.05, 3.63) is 33.8 Å². The van der Waals surface area contributed by atoms with Gasteiger partial charge in [0.1, 0.15) is 0 Å². The second-order valence-electron chi connectivity index (χ2n) is 4.66. The molecular formula is C13H17Cl2NO. The van der Waals surface area contributed by atoms with Crippen molar-refractivity contribution in [2.24, 2.45) is 0 Å². The summed E-state index contributed by atoms with van der Waals surface area (Å²) in [5, 5.41) is 14.5. The van der Waals surface area contributed by atoms with Gasteiger partial charge in [-0.2, -0.15) is 0 Å². The van der Waals surface area contributed by atoms with Crippen molar-refractivity contribution < 1.29 is 5.11 Å². The van der Waals surface area contributed by atoms with E-state index in [-0.39, 0.29) is 18.2 Å². The van der Waals surface area contributed by atoms with Gasteiger partial charge < -0.3 is 10.4 Å². The van der Waals surface area contributed by atoms with E-state index in [1.54, 1.807) is 6.07 Å². The molecule has 3 atom stereocenters. The minimum Gasteiger partial charge on any atom is -0.392 e. The molecule has 1 fully saturated rings. The van der Waals surface area contributed by atoms with Gasteiger partial charge in [-0.25, -0.2) is 0 Å². The quantitative estimate of drug-likeness (QED) is 0.883. The van der Waals surface area contributed by atoms with E-state index >= 15 is 0 Å². The summed E-state index contributed by atoms with van der Waals surface area (Å²) in [7, 11) is 0. The van der Waals surface area contributed by atoms with Gasteiger partial charge in [0.2, 0.25) is 0 Å². The molecule has 0 aromatic heterocycles. The Morgan fingerprint density at radius 3 is 2.71 bits per heavy atom. The third-order valence-corrected chi connectivity index (χ3v) is 3.93. The summed E-state index contributed by atoms with van der Waals surface area (Å²) in [6, 6.07) is 5.83. The zero-order valence-electron chi connectivity index (χ0n) is 9.79. The number of rotatable bonds is 3. The number of nitrogens with one attached hydrogen (secondary N) is 1. The molecule has 1 unspecified atom stereocenters. The number of aliphatic hydroxyl groups excluding tert-OH is 1. The molecule has 1 aromatic carbocycles. The van der Waals surface area contributed by atoms with Gasteiger partial charge in [-0.1, -0.05) is 29.3 Å². The number of benzene rings is 1. The summed E-state index contributed by atoms with van der Waals surface area (Å²) in [4.78, 5) is 0. The second-order valence-corrected chi connectivity index (χ2v) is 5.50. The molecule has 1 aliphatic carbocycles. The lowest BCUT2D eigenvalue weighted by Gasteiger charge is -2.23. The Morgan fingerprint density at radius 1 is 1.35 bits per heavy atom. The van der Waals surface area contributed by atoms with E-state index in [0.717, 1.165) is 24.8 Å². The van der Waals surface area contributed by atoms with Gasteiger partial charge in [0.05, 0.1) is 6.10 Å². The average Bonchev–Trinajstić information content (AvgIpc) is 2.64. The van der Waals surface area contributed by atoms with Crippen LogP contribution in [0.4, 0.5) is 0 Å². The molecule has 1 saturated carbocycles. The fourth-order valence-electron chi connectivity index (χ4n) is 2.40. The zero-order chi connectivity index (χ0) is 12.4. The van der Waals surface area contributed by atoms with Crippen molar-refractivity contribution >= 4 is 23.2 Å². The SMILES string of the molecule is CC(N[C@@H]1CCC[C@H]1O)c1ccc(Cl)cc1Cl. The summed E-state index contributed by atoms with van der Waals surface area (Å²) < 4.78 is 0. The fraction of sp³-hybridized carbons (Fsp3) is 0.538. The van der Waals surface area contributed by atoms with Crippen LogP contribution >= 0.6 is 23.2 Å². The summed E-state index contributed by atoms with van der Waals surface area (Å²) >= 11 is 12.0. The van der Waals surface area contributed by atoms with Crippen LogP contribution in [0.15, 0.2) is 18.2 Å². The Balaban J connectivity index is 2.06. The molecule has 0 bridgehead atoms. The average molecular weight is 274 g/mol. The molecule has 0 radical (unpaired) electrons. The van der Waals surface area contributed by atoms with Crippen molar-refractivity contribution in [3.8, 4) is 0 Å². The van der Waals surface area contributed by atoms with Crippen LogP contribution in [0.25, 0.3) is 0 Å². The maximum Gasteiger partial charge on any atom is 0.0693 e. The van der Waals surface area contributed by atoms with Crippen molar-refractivity contribution in [2.45, 2.75) is 44.4 Å². The molecule has 0 spiro atoms. The third-order valence-electron chi connectivity index (χ3n) is 3.37. The second kappa shape index (κ2) is 5.57. The van der Waals surface area contributed by atoms with Gasteiger partial charge in [-0.3, -0.25) is 0 Å². The van der Waals surface area contributed by atoms with E-state index in [9.17, 15) is 5.11 Å². The van der Waals surface area contributed by atoms with Crippen LogP contribution in [0.2, 0.25) is 10.0 Å². The molecule has 17 heavy (non-hydrogen) atoms.